The van der Waals surface area contributed by atoms with Crippen LogP contribution in [-0.2, 0) is 4.43 Å². The number of thiol groups is 1. The van der Waals surface area contributed by atoms with Gasteiger partial charge < -0.3 is 4.43 Å². The van der Waals surface area contributed by atoms with E-state index >= 15 is 0 Å². The highest BCUT2D eigenvalue weighted by molar-refractivity contribution is 7.81. The van der Waals surface area contributed by atoms with Gasteiger partial charge in [-0.15, -0.1) is 0 Å². The van der Waals surface area contributed by atoms with E-state index in [1.165, 1.54) is 24.9 Å². The molecule has 2 unspecified atom stereocenters. The highest BCUT2D eigenvalue weighted by atomic mass is 32.1. The Morgan fingerprint density at radius 1 is 1.60 bits per heavy atom. The number of hydrogen-bond acceptors (Lipinski definition) is 2. The van der Waals surface area contributed by atoms with Gasteiger partial charge in [-0.2, -0.15) is 12.6 Å². The van der Waals surface area contributed by atoms with Gasteiger partial charge in [-0.1, -0.05) is 13.3 Å². The van der Waals surface area contributed by atoms with Gasteiger partial charge in [0.25, 0.3) is 0 Å². The topological polar surface area (TPSA) is 9.23 Å². The molecule has 0 aromatic carbocycles. The van der Waals surface area contributed by atoms with Crippen LogP contribution in [0, 0.1) is 0 Å². The van der Waals surface area contributed by atoms with Crippen molar-refractivity contribution in [2.75, 3.05) is 6.61 Å². The number of rotatable bonds is 2. The predicted octanol–water partition coefficient (Wildman–Crippen LogP) is 1.84. The van der Waals surface area contributed by atoms with Gasteiger partial charge in [0.2, 0.25) is 0 Å². The maximum Gasteiger partial charge on any atom is 0.178 e. The van der Waals surface area contributed by atoms with Crippen molar-refractivity contribution in [2.45, 2.75) is 37.1 Å². The molecule has 0 bridgehead atoms. The molecule has 1 aliphatic heterocycles. The second kappa shape index (κ2) is 4.41. The summed E-state index contributed by atoms with van der Waals surface area (Å²) >= 11 is 4.36. The van der Waals surface area contributed by atoms with Gasteiger partial charge in [0.1, 0.15) is 0 Å². The maximum atomic E-state index is 5.68. The third-order valence-corrected chi connectivity index (χ3v) is 5.48. The zero-order chi connectivity index (χ0) is 7.40. The fourth-order valence-corrected chi connectivity index (χ4v) is 4.62. The average Bonchev–Trinajstić information content (AvgIpc) is 1.88. The van der Waals surface area contributed by atoms with E-state index in [-0.39, 0.29) is 0 Å². The van der Waals surface area contributed by atoms with Crippen LogP contribution in [0.15, 0.2) is 0 Å². The summed E-state index contributed by atoms with van der Waals surface area (Å²) < 4.78 is 5.68. The standard InChI is InChI=1S/C7H16OSSi/c1-7(9)6-10-5-3-2-4-8-10/h7,9-10H,2-6H2,1H3. The van der Waals surface area contributed by atoms with Gasteiger partial charge in [-0.3, -0.25) is 0 Å². The van der Waals surface area contributed by atoms with Crippen molar-refractivity contribution in [3.8, 4) is 0 Å². The minimum atomic E-state index is -0.760. The van der Waals surface area contributed by atoms with Gasteiger partial charge in [-0.25, -0.2) is 0 Å². The SMILES string of the molecule is CC(S)C[SiH]1CCCCO1. The molecule has 1 saturated heterocycles. The Kier molecular flexibility index (Phi) is 3.81. The Morgan fingerprint density at radius 2 is 2.40 bits per heavy atom. The highest BCUT2D eigenvalue weighted by Crippen LogP contribution is 2.17. The summed E-state index contributed by atoms with van der Waals surface area (Å²) in [5.41, 5.74) is 0. The predicted molar refractivity (Wildman–Crippen MR) is 50.4 cm³/mol. The lowest BCUT2D eigenvalue weighted by Gasteiger charge is -2.21. The molecule has 0 aromatic heterocycles. The van der Waals surface area contributed by atoms with Gasteiger partial charge in [0.15, 0.2) is 9.04 Å². The molecule has 0 aromatic rings. The van der Waals surface area contributed by atoms with E-state index in [0.717, 1.165) is 6.61 Å². The summed E-state index contributed by atoms with van der Waals surface area (Å²) in [6.07, 6.45) is 2.68. The van der Waals surface area contributed by atoms with Crippen molar-refractivity contribution in [3.63, 3.8) is 0 Å². The first kappa shape index (κ1) is 8.62. The van der Waals surface area contributed by atoms with E-state index in [9.17, 15) is 0 Å². The Hall–Kier alpha value is 0.527. The largest absolute Gasteiger partial charge is 0.420 e. The zero-order valence-corrected chi connectivity index (χ0v) is 8.59. The molecular weight excluding hydrogens is 160 g/mol. The van der Waals surface area contributed by atoms with Crippen LogP contribution in [0.1, 0.15) is 19.8 Å². The van der Waals surface area contributed by atoms with Crippen LogP contribution >= 0.6 is 12.6 Å². The van der Waals surface area contributed by atoms with Crippen LogP contribution in [0.4, 0.5) is 0 Å². The third-order valence-electron chi connectivity index (χ3n) is 1.88. The van der Waals surface area contributed by atoms with Crippen molar-refractivity contribution in [1.82, 2.24) is 0 Å². The lowest BCUT2D eigenvalue weighted by molar-refractivity contribution is 0.286. The molecule has 1 heterocycles. The van der Waals surface area contributed by atoms with Gasteiger partial charge >= 0.3 is 0 Å². The highest BCUT2D eigenvalue weighted by Gasteiger charge is 2.17. The molecule has 1 nitrogen and oxygen atoms in total. The van der Waals surface area contributed by atoms with Crippen molar-refractivity contribution in [2.24, 2.45) is 0 Å². The summed E-state index contributed by atoms with van der Waals surface area (Å²) in [6, 6.07) is 2.63. The minimum Gasteiger partial charge on any atom is -0.420 e. The smallest absolute Gasteiger partial charge is 0.178 e. The van der Waals surface area contributed by atoms with Crippen LogP contribution in [0.5, 0.6) is 0 Å². The van der Waals surface area contributed by atoms with Crippen LogP contribution in [0.3, 0.4) is 0 Å². The van der Waals surface area contributed by atoms with Crippen molar-refractivity contribution in [1.29, 1.82) is 0 Å². The summed E-state index contributed by atoms with van der Waals surface area (Å²) in [7, 11) is -0.760. The molecule has 10 heavy (non-hydrogen) atoms. The molecule has 0 aliphatic carbocycles. The lowest BCUT2D eigenvalue weighted by atomic mass is 10.4. The van der Waals surface area contributed by atoms with Crippen molar-refractivity contribution >= 4 is 21.7 Å². The van der Waals surface area contributed by atoms with Crippen LogP contribution in [-0.4, -0.2) is 20.9 Å². The molecule has 1 fully saturated rings. The van der Waals surface area contributed by atoms with E-state index in [1.54, 1.807) is 0 Å². The monoisotopic (exact) mass is 176 g/mol. The Bertz CT molecular complexity index is 91.6. The molecule has 2 atom stereocenters. The molecule has 1 aliphatic rings. The van der Waals surface area contributed by atoms with E-state index in [2.05, 4.69) is 19.6 Å². The molecule has 0 radical (unpaired) electrons. The molecule has 60 valence electrons. The van der Waals surface area contributed by atoms with Crippen LogP contribution in [0.2, 0.25) is 12.1 Å². The first-order chi connectivity index (χ1) is 4.79. The molecule has 1 rings (SSSR count). The molecule has 0 amide bonds. The van der Waals surface area contributed by atoms with E-state index in [1.807, 2.05) is 0 Å². The summed E-state index contributed by atoms with van der Waals surface area (Å²) in [5.74, 6) is 0. The first-order valence-corrected chi connectivity index (χ1v) is 6.71. The fourth-order valence-electron chi connectivity index (χ4n) is 1.37. The first-order valence-electron chi connectivity index (χ1n) is 4.08. The second-order valence-electron chi connectivity index (χ2n) is 3.07. The van der Waals surface area contributed by atoms with Crippen molar-refractivity contribution < 1.29 is 4.43 Å². The molecule has 0 N–H and O–H groups in total. The summed E-state index contributed by atoms with van der Waals surface area (Å²) in [6.45, 7) is 3.19. The zero-order valence-electron chi connectivity index (χ0n) is 6.55. The minimum absolute atomic E-state index is 0.551. The normalized spacial score (nSPS) is 30.0. The molecular formula is C7H16OSSi. The average molecular weight is 176 g/mol. The van der Waals surface area contributed by atoms with Gasteiger partial charge in [0, 0.05) is 6.61 Å². The maximum absolute atomic E-state index is 5.68. The van der Waals surface area contributed by atoms with Crippen molar-refractivity contribution in [3.05, 3.63) is 0 Å². The van der Waals surface area contributed by atoms with E-state index < -0.39 is 9.04 Å². The van der Waals surface area contributed by atoms with Crippen LogP contribution < -0.4 is 0 Å². The van der Waals surface area contributed by atoms with Gasteiger partial charge in [-0.05, 0) is 23.8 Å². The lowest BCUT2D eigenvalue weighted by Crippen LogP contribution is -2.25. The Balaban J connectivity index is 2.13. The summed E-state index contributed by atoms with van der Waals surface area (Å²) in [4.78, 5) is 0. The molecule has 3 heteroatoms. The quantitative estimate of drug-likeness (QED) is 0.499. The second-order valence-corrected chi connectivity index (χ2v) is 6.58. The Morgan fingerprint density at radius 3 is 2.90 bits per heavy atom. The number of hydrogen-bond donors (Lipinski definition) is 1. The summed E-state index contributed by atoms with van der Waals surface area (Å²) in [5, 5.41) is 0.551. The van der Waals surface area contributed by atoms with Gasteiger partial charge in [0.05, 0.1) is 0 Å². The van der Waals surface area contributed by atoms with E-state index in [0.29, 0.717) is 5.25 Å². The fraction of sp³-hybridized carbons (Fsp3) is 1.00. The third kappa shape index (κ3) is 3.08. The van der Waals surface area contributed by atoms with E-state index in [4.69, 9.17) is 4.43 Å². The molecule has 0 saturated carbocycles. The molecule has 0 spiro atoms. The van der Waals surface area contributed by atoms with Crippen LogP contribution in [0.25, 0.3) is 0 Å². The Labute approximate surface area is 70.3 Å².